The molecule has 190 valence electrons. The molecule has 5 rings (SSSR count). The van der Waals surface area contributed by atoms with E-state index in [9.17, 15) is 4.79 Å². The van der Waals surface area contributed by atoms with Gasteiger partial charge in [0, 0.05) is 74.6 Å². The zero-order valence-corrected chi connectivity index (χ0v) is 20.6. The van der Waals surface area contributed by atoms with Gasteiger partial charge in [-0.05, 0) is 6.07 Å². The average Bonchev–Trinajstić information content (AvgIpc) is 3.29. The van der Waals surface area contributed by atoms with Crippen molar-refractivity contribution in [2.45, 2.75) is 13.5 Å². The van der Waals surface area contributed by atoms with Crippen molar-refractivity contribution in [2.24, 2.45) is 10.2 Å². The number of azo groups is 1. The Bertz CT molecular complexity index is 1210. The highest BCUT2D eigenvalue weighted by molar-refractivity contribution is 5.93. The Morgan fingerprint density at radius 2 is 1.81 bits per heavy atom. The van der Waals surface area contributed by atoms with Crippen molar-refractivity contribution in [1.82, 2.24) is 14.5 Å². The molecule has 0 spiro atoms. The summed E-state index contributed by atoms with van der Waals surface area (Å²) in [6, 6.07) is 11.7. The van der Waals surface area contributed by atoms with Crippen LogP contribution in [0.5, 0.6) is 5.88 Å². The van der Waals surface area contributed by atoms with E-state index in [-0.39, 0.29) is 5.91 Å². The summed E-state index contributed by atoms with van der Waals surface area (Å²) >= 11 is 0. The Morgan fingerprint density at radius 3 is 2.58 bits per heavy atom. The lowest BCUT2D eigenvalue weighted by molar-refractivity contribution is 0.0320. The van der Waals surface area contributed by atoms with E-state index >= 15 is 0 Å². The van der Waals surface area contributed by atoms with Gasteiger partial charge in [-0.2, -0.15) is 10.1 Å². The number of aromatic nitrogens is 2. The molecule has 10 nitrogen and oxygen atoms in total. The van der Waals surface area contributed by atoms with E-state index in [4.69, 9.17) is 14.2 Å². The fourth-order valence-electron chi connectivity index (χ4n) is 4.53. The molecule has 0 radical (unpaired) electrons. The number of rotatable bonds is 8. The van der Waals surface area contributed by atoms with Gasteiger partial charge in [0.2, 0.25) is 11.8 Å². The summed E-state index contributed by atoms with van der Waals surface area (Å²) < 4.78 is 18.6. The number of hydrogen-bond donors (Lipinski definition) is 0. The van der Waals surface area contributed by atoms with Crippen molar-refractivity contribution in [1.29, 1.82) is 0 Å². The first-order chi connectivity index (χ1) is 17.7. The summed E-state index contributed by atoms with van der Waals surface area (Å²) in [6.45, 7) is 9.62. The first kappa shape index (κ1) is 24.4. The van der Waals surface area contributed by atoms with Gasteiger partial charge in [-0.15, -0.1) is 5.11 Å². The second-order valence-corrected chi connectivity index (χ2v) is 8.88. The van der Waals surface area contributed by atoms with Crippen molar-refractivity contribution in [3.63, 3.8) is 0 Å². The van der Waals surface area contributed by atoms with E-state index in [1.165, 1.54) is 0 Å². The number of hydrogen-bond acceptors (Lipinski definition) is 9. The van der Waals surface area contributed by atoms with Crippen molar-refractivity contribution < 1.29 is 19.0 Å². The van der Waals surface area contributed by atoms with Gasteiger partial charge >= 0.3 is 0 Å². The Hall–Kier alpha value is -3.34. The SMILES string of the molecule is CC(=O)n1cc(CN=Nc2cc(N3CCOCC3)cc(OCCN3CCOCC3)n2)c2ccccc21. The van der Waals surface area contributed by atoms with Crippen LogP contribution in [0.4, 0.5) is 11.5 Å². The average molecular weight is 493 g/mol. The number of anilines is 1. The lowest BCUT2D eigenvalue weighted by Gasteiger charge is -2.29. The van der Waals surface area contributed by atoms with Gasteiger partial charge in [0.05, 0.1) is 38.5 Å². The summed E-state index contributed by atoms with van der Waals surface area (Å²) in [5.41, 5.74) is 2.81. The van der Waals surface area contributed by atoms with E-state index in [0.29, 0.717) is 38.1 Å². The number of para-hydroxylation sites is 1. The van der Waals surface area contributed by atoms with Crippen molar-refractivity contribution in [3.05, 3.63) is 48.2 Å². The number of pyridine rings is 1. The molecule has 10 heteroatoms. The van der Waals surface area contributed by atoms with Crippen LogP contribution in [0.25, 0.3) is 10.9 Å². The number of nitrogens with zero attached hydrogens (tertiary/aromatic N) is 6. The molecule has 2 fully saturated rings. The zero-order chi connectivity index (χ0) is 24.7. The van der Waals surface area contributed by atoms with E-state index < -0.39 is 0 Å². The number of carbonyl (C=O) groups is 1. The van der Waals surface area contributed by atoms with Crippen LogP contribution in [0.2, 0.25) is 0 Å². The standard InChI is InChI=1S/C26H32N6O4/c1-20(33)32-19-21(23-4-2-3-5-24(23)32)18-27-29-25-16-22(31-9-13-35-14-10-31)17-26(28-25)36-15-8-30-6-11-34-12-7-30/h2-5,16-17,19H,6-15,18H2,1H3. The van der Waals surface area contributed by atoms with Crippen LogP contribution in [0, 0.1) is 0 Å². The number of ether oxygens (including phenoxy) is 3. The minimum absolute atomic E-state index is 0.0341. The van der Waals surface area contributed by atoms with Gasteiger partial charge in [0.15, 0.2) is 5.82 Å². The molecule has 3 aromatic rings. The highest BCUT2D eigenvalue weighted by atomic mass is 16.5. The monoisotopic (exact) mass is 492 g/mol. The third kappa shape index (κ3) is 5.89. The van der Waals surface area contributed by atoms with Crippen LogP contribution in [0.1, 0.15) is 17.3 Å². The fourth-order valence-corrected chi connectivity index (χ4v) is 4.53. The lowest BCUT2D eigenvalue weighted by atomic mass is 10.2. The smallest absolute Gasteiger partial charge is 0.227 e. The summed E-state index contributed by atoms with van der Waals surface area (Å²) in [5.74, 6) is 0.998. The molecule has 36 heavy (non-hydrogen) atoms. The van der Waals surface area contributed by atoms with Gasteiger partial charge in [-0.25, -0.2) is 0 Å². The van der Waals surface area contributed by atoms with Crippen LogP contribution in [-0.4, -0.2) is 86.1 Å². The molecule has 0 N–H and O–H groups in total. The van der Waals surface area contributed by atoms with Crippen LogP contribution < -0.4 is 9.64 Å². The fraction of sp³-hybridized carbons (Fsp3) is 0.462. The predicted molar refractivity (Wildman–Crippen MR) is 136 cm³/mol. The van der Waals surface area contributed by atoms with Gasteiger partial charge in [0.25, 0.3) is 0 Å². The second kappa shape index (κ2) is 11.6. The third-order valence-corrected chi connectivity index (χ3v) is 6.46. The summed E-state index contributed by atoms with van der Waals surface area (Å²) in [7, 11) is 0. The predicted octanol–water partition coefficient (Wildman–Crippen LogP) is 3.53. The first-order valence-corrected chi connectivity index (χ1v) is 12.4. The summed E-state index contributed by atoms with van der Waals surface area (Å²) in [6.07, 6.45) is 1.84. The molecule has 4 heterocycles. The van der Waals surface area contributed by atoms with Crippen molar-refractivity contribution in [2.75, 3.05) is 70.7 Å². The Labute approximate surface area is 210 Å². The van der Waals surface area contributed by atoms with Gasteiger partial charge < -0.3 is 19.1 Å². The lowest BCUT2D eigenvalue weighted by Crippen LogP contribution is -2.38. The maximum atomic E-state index is 12.0. The minimum atomic E-state index is -0.0341. The highest BCUT2D eigenvalue weighted by Crippen LogP contribution is 2.27. The molecule has 0 bridgehead atoms. The van der Waals surface area contributed by atoms with Crippen molar-refractivity contribution in [3.8, 4) is 5.88 Å². The Balaban J connectivity index is 1.32. The molecule has 0 saturated carbocycles. The number of fused-ring (bicyclic) bond motifs is 1. The van der Waals surface area contributed by atoms with E-state index in [0.717, 1.165) is 68.1 Å². The molecule has 2 saturated heterocycles. The number of morpholine rings is 2. The molecular weight excluding hydrogens is 460 g/mol. The Morgan fingerprint density at radius 1 is 1.06 bits per heavy atom. The van der Waals surface area contributed by atoms with Crippen LogP contribution in [0.3, 0.4) is 0 Å². The largest absolute Gasteiger partial charge is 0.476 e. The maximum Gasteiger partial charge on any atom is 0.227 e. The zero-order valence-electron chi connectivity index (χ0n) is 20.6. The van der Waals surface area contributed by atoms with E-state index in [1.54, 1.807) is 11.5 Å². The van der Waals surface area contributed by atoms with Gasteiger partial charge in [0.1, 0.15) is 6.61 Å². The molecule has 1 aromatic carbocycles. The quantitative estimate of drug-likeness (QED) is 0.444. The summed E-state index contributed by atoms with van der Waals surface area (Å²) in [5, 5.41) is 9.86. The normalized spacial score (nSPS) is 17.2. The first-order valence-electron chi connectivity index (χ1n) is 12.4. The molecular formula is C26H32N6O4. The van der Waals surface area contributed by atoms with E-state index in [2.05, 4.69) is 25.0 Å². The van der Waals surface area contributed by atoms with Gasteiger partial charge in [-0.3, -0.25) is 14.3 Å². The maximum absolute atomic E-state index is 12.0. The number of carbonyl (C=O) groups excluding carboxylic acids is 1. The topological polar surface area (TPSA) is 93.8 Å². The molecule has 2 aromatic heterocycles. The third-order valence-electron chi connectivity index (χ3n) is 6.46. The molecule has 2 aliphatic rings. The van der Waals surface area contributed by atoms with Crippen molar-refractivity contribution >= 4 is 28.3 Å². The van der Waals surface area contributed by atoms with Gasteiger partial charge in [-0.1, -0.05) is 18.2 Å². The second-order valence-electron chi connectivity index (χ2n) is 8.88. The molecule has 2 aliphatic heterocycles. The van der Waals surface area contributed by atoms with Crippen LogP contribution in [-0.2, 0) is 16.0 Å². The number of benzene rings is 1. The van der Waals surface area contributed by atoms with E-state index in [1.807, 2.05) is 42.6 Å². The van der Waals surface area contributed by atoms with Crippen LogP contribution in [0.15, 0.2) is 52.8 Å². The van der Waals surface area contributed by atoms with Crippen LogP contribution >= 0.6 is 0 Å². The highest BCUT2D eigenvalue weighted by Gasteiger charge is 2.16. The molecule has 0 unspecified atom stereocenters. The molecule has 0 atom stereocenters. The Kier molecular flexibility index (Phi) is 7.85. The molecule has 0 aliphatic carbocycles. The molecule has 0 amide bonds. The summed E-state index contributed by atoms with van der Waals surface area (Å²) in [4.78, 5) is 21.2. The minimum Gasteiger partial charge on any atom is -0.476 e.